The summed E-state index contributed by atoms with van der Waals surface area (Å²) in [7, 11) is 1.79. The van der Waals surface area contributed by atoms with Crippen LogP contribution < -0.4 is 5.73 Å². The van der Waals surface area contributed by atoms with E-state index < -0.39 is 5.67 Å². The van der Waals surface area contributed by atoms with Crippen molar-refractivity contribution in [2.24, 2.45) is 12.8 Å². The summed E-state index contributed by atoms with van der Waals surface area (Å²) in [5.41, 5.74) is 4.61. The topological polar surface area (TPSA) is 56.7 Å². The van der Waals surface area contributed by atoms with Crippen LogP contribution in [0.3, 0.4) is 0 Å². The maximum atomic E-state index is 14.4. The predicted molar refractivity (Wildman–Crippen MR) is 55.0 cm³/mol. The van der Waals surface area contributed by atoms with E-state index in [4.69, 9.17) is 5.73 Å². The predicted octanol–water partition coefficient (Wildman–Crippen LogP) is 0.967. The van der Waals surface area contributed by atoms with Crippen molar-refractivity contribution in [1.82, 2.24) is 14.8 Å². The molecule has 1 aromatic heterocycles. The van der Waals surface area contributed by atoms with Gasteiger partial charge >= 0.3 is 0 Å². The number of nitrogens with zero attached hydrogens (tertiary/aromatic N) is 3. The van der Waals surface area contributed by atoms with Crippen molar-refractivity contribution in [2.45, 2.75) is 43.8 Å². The molecule has 0 amide bonds. The number of nitrogens with two attached hydrogens (primary N) is 1. The van der Waals surface area contributed by atoms with Crippen molar-refractivity contribution in [3.05, 3.63) is 12.2 Å². The maximum Gasteiger partial charge on any atom is 0.138 e. The molecule has 0 aromatic carbocycles. The van der Waals surface area contributed by atoms with Crippen LogP contribution in [-0.4, -0.2) is 26.5 Å². The summed E-state index contributed by atoms with van der Waals surface area (Å²) in [5, 5.41) is 3.94. The molecule has 1 saturated carbocycles. The molecule has 1 aromatic rings. The van der Waals surface area contributed by atoms with E-state index in [-0.39, 0.29) is 6.04 Å². The molecule has 4 nitrogen and oxygen atoms in total. The molecule has 0 bridgehead atoms. The molecule has 0 saturated heterocycles. The number of halogens is 1. The van der Waals surface area contributed by atoms with E-state index in [2.05, 4.69) is 10.1 Å². The van der Waals surface area contributed by atoms with E-state index in [0.717, 1.165) is 12.8 Å². The molecule has 1 heterocycles. The fraction of sp³-hybridized carbons (Fsp3) is 0.800. The highest BCUT2D eigenvalue weighted by Crippen LogP contribution is 2.33. The van der Waals surface area contributed by atoms with E-state index in [1.54, 1.807) is 11.7 Å². The third kappa shape index (κ3) is 2.34. The minimum absolute atomic E-state index is 0.00280. The number of hydrogen-bond acceptors (Lipinski definition) is 3. The summed E-state index contributed by atoms with van der Waals surface area (Å²) in [6.45, 7) is 0. The van der Waals surface area contributed by atoms with Crippen LogP contribution in [0.1, 0.15) is 31.5 Å². The number of alkyl halides is 1. The Kier molecular flexibility index (Phi) is 2.73. The first-order valence-corrected chi connectivity index (χ1v) is 5.36. The van der Waals surface area contributed by atoms with E-state index in [1.165, 1.54) is 6.33 Å². The van der Waals surface area contributed by atoms with Crippen molar-refractivity contribution in [1.29, 1.82) is 0 Å². The number of aromatic nitrogens is 3. The van der Waals surface area contributed by atoms with Crippen LogP contribution in [0.5, 0.6) is 0 Å². The van der Waals surface area contributed by atoms with Crippen LogP contribution in [0.25, 0.3) is 0 Å². The van der Waals surface area contributed by atoms with E-state index in [1.807, 2.05) is 0 Å². The second kappa shape index (κ2) is 3.89. The minimum Gasteiger partial charge on any atom is -0.328 e. The van der Waals surface area contributed by atoms with Gasteiger partial charge in [0.15, 0.2) is 0 Å². The van der Waals surface area contributed by atoms with Crippen LogP contribution in [0.2, 0.25) is 0 Å². The standard InChI is InChI=1S/C10H17FN4/c1-15-9(13-7-14-15)6-10(11)4-2-3-8(12)5-10/h7-8H,2-6,12H2,1H3. The lowest BCUT2D eigenvalue weighted by Gasteiger charge is -2.32. The molecular weight excluding hydrogens is 195 g/mol. The van der Waals surface area contributed by atoms with Gasteiger partial charge in [0.25, 0.3) is 0 Å². The molecule has 1 aliphatic rings. The average molecular weight is 212 g/mol. The number of rotatable bonds is 2. The first-order valence-electron chi connectivity index (χ1n) is 5.36. The summed E-state index contributed by atoms with van der Waals surface area (Å²) >= 11 is 0. The zero-order valence-electron chi connectivity index (χ0n) is 8.99. The normalized spacial score (nSPS) is 31.8. The highest BCUT2D eigenvalue weighted by molar-refractivity contribution is 4.98. The molecule has 1 aliphatic carbocycles. The summed E-state index contributed by atoms with van der Waals surface area (Å²) in [6, 6.07) is -0.00280. The smallest absolute Gasteiger partial charge is 0.138 e. The Balaban J connectivity index is 2.07. The Morgan fingerprint density at radius 3 is 3.13 bits per heavy atom. The first kappa shape index (κ1) is 10.5. The second-order valence-electron chi connectivity index (χ2n) is 4.48. The molecule has 0 radical (unpaired) electrons. The second-order valence-corrected chi connectivity index (χ2v) is 4.48. The summed E-state index contributed by atoms with van der Waals surface area (Å²) in [4.78, 5) is 4.05. The monoisotopic (exact) mass is 212 g/mol. The molecule has 0 spiro atoms. The number of aryl methyl sites for hydroxylation is 1. The van der Waals surface area contributed by atoms with Gasteiger partial charge in [-0.25, -0.2) is 9.37 Å². The molecule has 5 heteroatoms. The molecule has 0 aliphatic heterocycles. The molecule has 2 unspecified atom stereocenters. The van der Waals surface area contributed by atoms with Gasteiger partial charge < -0.3 is 5.73 Å². The van der Waals surface area contributed by atoms with Gasteiger partial charge in [0.05, 0.1) is 0 Å². The Bertz CT molecular complexity index is 338. The van der Waals surface area contributed by atoms with Crippen molar-refractivity contribution in [3.8, 4) is 0 Å². The van der Waals surface area contributed by atoms with Crippen LogP contribution in [-0.2, 0) is 13.5 Å². The van der Waals surface area contributed by atoms with Crippen LogP contribution >= 0.6 is 0 Å². The Hall–Kier alpha value is -0.970. The van der Waals surface area contributed by atoms with Gasteiger partial charge in [0, 0.05) is 19.5 Å². The van der Waals surface area contributed by atoms with Crippen molar-refractivity contribution in [2.75, 3.05) is 0 Å². The van der Waals surface area contributed by atoms with E-state index in [0.29, 0.717) is 25.1 Å². The minimum atomic E-state index is -1.18. The molecule has 84 valence electrons. The first-order chi connectivity index (χ1) is 7.09. The molecule has 15 heavy (non-hydrogen) atoms. The Morgan fingerprint density at radius 1 is 1.73 bits per heavy atom. The molecule has 1 fully saturated rings. The molecular formula is C10H17FN4. The van der Waals surface area contributed by atoms with E-state index >= 15 is 0 Å². The summed E-state index contributed by atoms with van der Waals surface area (Å²) in [6.07, 6.45) is 4.63. The van der Waals surface area contributed by atoms with Gasteiger partial charge in [-0.1, -0.05) is 0 Å². The lowest BCUT2D eigenvalue weighted by atomic mass is 9.81. The van der Waals surface area contributed by atoms with Crippen LogP contribution in [0, 0.1) is 0 Å². The van der Waals surface area contributed by atoms with Gasteiger partial charge in [-0.05, 0) is 25.7 Å². The average Bonchev–Trinajstić information content (AvgIpc) is 2.50. The van der Waals surface area contributed by atoms with Crippen molar-refractivity contribution >= 4 is 0 Å². The van der Waals surface area contributed by atoms with Crippen molar-refractivity contribution < 1.29 is 4.39 Å². The van der Waals surface area contributed by atoms with Crippen LogP contribution in [0.15, 0.2) is 6.33 Å². The van der Waals surface area contributed by atoms with E-state index in [9.17, 15) is 4.39 Å². The zero-order valence-corrected chi connectivity index (χ0v) is 8.99. The molecule has 2 rings (SSSR count). The largest absolute Gasteiger partial charge is 0.328 e. The fourth-order valence-corrected chi connectivity index (χ4v) is 2.28. The third-order valence-corrected chi connectivity index (χ3v) is 3.11. The van der Waals surface area contributed by atoms with Gasteiger partial charge in [-0.2, -0.15) is 5.10 Å². The third-order valence-electron chi connectivity index (χ3n) is 3.11. The Labute approximate surface area is 88.7 Å². The van der Waals surface area contributed by atoms with Gasteiger partial charge in [0.2, 0.25) is 0 Å². The summed E-state index contributed by atoms with van der Waals surface area (Å²) in [5.74, 6) is 0.701. The van der Waals surface area contributed by atoms with Crippen LogP contribution in [0.4, 0.5) is 4.39 Å². The quantitative estimate of drug-likeness (QED) is 0.794. The molecule has 2 N–H and O–H groups in total. The SMILES string of the molecule is Cn1ncnc1CC1(F)CCCC(N)C1. The maximum absolute atomic E-state index is 14.4. The highest BCUT2D eigenvalue weighted by Gasteiger charge is 2.36. The number of hydrogen-bond donors (Lipinski definition) is 1. The van der Waals surface area contributed by atoms with Gasteiger partial charge in [-0.3, -0.25) is 4.68 Å². The zero-order chi connectivity index (χ0) is 10.9. The lowest BCUT2D eigenvalue weighted by molar-refractivity contribution is 0.0931. The van der Waals surface area contributed by atoms with Crippen molar-refractivity contribution in [3.63, 3.8) is 0 Å². The lowest BCUT2D eigenvalue weighted by Crippen LogP contribution is -2.40. The summed E-state index contributed by atoms with van der Waals surface area (Å²) < 4.78 is 16.0. The molecule has 2 atom stereocenters. The van der Waals surface area contributed by atoms with Gasteiger partial charge in [-0.15, -0.1) is 0 Å². The highest BCUT2D eigenvalue weighted by atomic mass is 19.1. The fourth-order valence-electron chi connectivity index (χ4n) is 2.28. The Morgan fingerprint density at radius 2 is 2.53 bits per heavy atom. The van der Waals surface area contributed by atoms with Gasteiger partial charge in [0.1, 0.15) is 17.8 Å².